The molecule has 3 rings (SSSR count). The van der Waals surface area contributed by atoms with E-state index in [0.717, 1.165) is 37.3 Å². The number of carbonyl (C=O) groups excluding carboxylic acids is 1. The Hall–Kier alpha value is -2.51. The van der Waals surface area contributed by atoms with Crippen LogP contribution in [0.25, 0.3) is 0 Å². The molecule has 2 amide bonds. The highest BCUT2D eigenvalue weighted by atomic mass is 16.3. The largest absolute Gasteiger partial charge is 0.395 e. The van der Waals surface area contributed by atoms with Crippen molar-refractivity contribution in [2.75, 3.05) is 26.2 Å². The first kappa shape index (κ1) is 21.2. The molecule has 0 atom stereocenters. The van der Waals surface area contributed by atoms with Crippen molar-refractivity contribution in [2.24, 2.45) is 0 Å². The fourth-order valence-electron chi connectivity index (χ4n) is 3.78. The summed E-state index contributed by atoms with van der Waals surface area (Å²) in [6, 6.07) is 8.40. The summed E-state index contributed by atoms with van der Waals surface area (Å²) in [4.78, 5) is 25.6. The monoisotopic (exact) mass is 397 g/mol. The zero-order valence-electron chi connectivity index (χ0n) is 17.3. The van der Waals surface area contributed by atoms with Gasteiger partial charge in [-0.25, -0.2) is 4.79 Å². The fourth-order valence-corrected chi connectivity index (χ4v) is 3.78. The molecule has 0 unspecified atom stereocenters. The minimum Gasteiger partial charge on any atom is -0.395 e. The molecule has 1 fully saturated rings. The van der Waals surface area contributed by atoms with Crippen LogP contribution in [0.2, 0.25) is 0 Å². The van der Waals surface area contributed by atoms with Crippen LogP contribution in [0.4, 0.5) is 4.79 Å². The number of amides is 2. The molecule has 0 saturated carbocycles. The Morgan fingerprint density at radius 2 is 1.66 bits per heavy atom. The van der Waals surface area contributed by atoms with Gasteiger partial charge in [-0.05, 0) is 49.9 Å². The molecule has 2 aromatic rings. The molecule has 2 aromatic heterocycles. The Bertz CT molecular complexity index is 758. The smallest absolute Gasteiger partial charge is 0.317 e. The van der Waals surface area contributed by atoms with Gasteiger partial charge in [0, 0.05) is 51.2 Å². The van der Waals surface area contributed by atoms with E-state index in [2.05, 4.69) is 46.2 Å². The molecule has 2 N–H and O–H groups in total. The number of hydrogen-bond donors (Lipinski definition) is 2. The Morgan fingerprint density at radius 1 is 1.10 bits per heavy atom. The SMILES string of the molecule is Cc1cccnc1CN(Cc1ncccc1C)C1CCN(C(=O)NCCO)CC1. The van der Waals surface area contributed by atoms with Crippen molar-refractivity contribution in [3.8, 4) is 0 Å². The minimum atomic E-state index is -0.0924. The molecule has 29 heavy (non-hydrogen) atoms. The van der Waals surface area contributed by atoms with E-state index in [1.54, 1.807) is 0 Å². The van der Waals surface area contributed by atoms with Crippen LogP contribution in [0, 0.1) is 13.8 Å². The molecule has 1 saturated heterocycles. The number of nitrogens with zero attached hydrogens (tertiary/aromatic N) is 4. The summed E-state index contributed by atoms with van der Waals surface area (Å²) in [5.41, 5.74) is 4.56. The van der Waals surface area contributed by atoms with E-state index < -0.39 is 0 Å². The van der Waals surface area contributed by atoms with E-state index in [0.29, 0.717) is 25.7 Å². The Kier molecular flexibility index (Phi) is 7.55. The topological polar surface area (TPSA) is 81.6 Å². The maximum absolute atomic E-state index is 12.2. The molecule has 1 aliphatic heterocycles. The van der Waals surface area contributed by atoms with Crippen LogP contribution in [0.5, 0.6) is 0 Å². The number of aromatic nitrogens is 2. The number of likely N-dealkylation sites (tertiary alicyclic amines) is 1. The van der Waals surface area contributed by atoms with Gasteiger partial charge in [-0.1, -0.05) is 12.1 Å². The predicted molar refractivity (Wildman–Crippen MR) is 112 cm³/mol. The molecule has 7 heteroatoms. The van der Waals surface area contributed by atoms with Gasteiger partial charge in [-0.2, -0.15) is 0 Å². The summed E-state index contributed by atoms with van der Waals surface area (Å²) in [5, 5.41) is 11.6. The lowest BCUT2D eigenvalue weighted by atomic mass is 10.0. The number of carbonyl (C=O) groups is 1. The standard InChI is InChI=1S/C22H31N5O2/c1-17-5-3-9-23-20(17)15-27(16-21-18(2)6-4-10-24-21)19-7-12-26(13-8-19)22(29)25-11-14-28/h3-6,9-10,19,28H,7-8,11-16H2,1-2H3,(H,25,29). The first-order valence-electron chi connectivity index (χ1n) is 10.3. The van der Waals surface area contributed by atoms with Crippen molar-refractivity contribution >= 4 is 6.03 Å². The molecular weight excluding hydrogens is 366 g/mol. The van der Waals surface area contributed by atoms with Gasteiger partial charge in [0.2, 0.25) is 0 Å². The van der Waals surface area contributed by atoms with Gasteiger partial charge in [0.05, 0.1) is 18.0 Å². The summed E-state index contributed by atoms with van der Waals surface area (Å²) in [6.45, 7) is 7.41. The molecule has 0 spiro atoms. The lowest BCUT2D eigenvalue weighted by Crippen LogP contribution is -2.49. The lowest BCUT2D eigenvalue weighted by molar-refractivity contribution is 0.103. The van der Waals surface area contributed by atoms with Crippen LogP contribution in [-0.4, -0.2) is 63.2 Å². The highest BCUT2D eigenvalue weighted by molar-refractivity contribution is 5.74. The van der Waals surface area contributed by atoms with Crippen molar-refractivity contribution in [3.63, 3.8) is 0 Å². The number of aliphatic hydroxyl groups is 1. The minimum absolute atomic E-state index is 0.0389. The molecule has 7 nitrogen and oxygen atoms in total. The van der Waals surface area contributed by atoms with Crippen LogP contribution in [-0.2, 0) is 13.1 Å². The lowest BCUT2D eigenvalue weighted by Gasteiger charge is -2.38. The first-order valence-corrected chi connectivity index (χ1v) is 10.3. The Morgan fingerprint density at radius 3 is 2.14 bits per heavy atom. The van der Waals surface area contributed by atoms with Gasteiger partial charge in [0.25, 0.3) is 0 Å². The first-order chi connectivity index (χ1) is 14.1. The van der Waals surface area contributed by atoms with E-state index in [-0.39, 0.29) is 12.6 Å². The van der Waals surface area contributed by atoms with Gasteiger partial charge in [0.15, 0.2) is 0 Å². The van der Waals surface area contributed by atoms with Gasteiger partial charge in [0.1, 0.15) is 0 Å². The molecule has 0 radical (unpaired) electrons. The van der Waals surface area contributed by atoms with Crippen molar-refractivity contribution < 1.29 is 9.90 Å². The molecule has 0 aliphatic carbocycles. The number of urea groups is 1. The summed E-state index contributed by atoms with van der Waals surface area (Å²) in [6.07, 6.45) is 5.51. The third-order valence-electron chi connectivity index (χ3n) is 5.60. The van der Waals surface area contributed by atoms with E-state index in [1.165, 1.54) is 11.1 Å². The zero-order chi connectivity index (χ0) is 20.6. The van der Waals surface area contributed by atoms with E-state index >= 15 is 0 Å². The second-order valence-electron chi connectivity index (χ2n) is 7.61. The third kappa shape index (κ3) is 5.74. The molecule has 0 bridgehead atoms. The summed E-state index contributed by atoms with van der Waals surface area (Å²) in [7, 11) is 0. The highest BCUT2D eigenvalue weighted by Crippen LogP contribution is 2.22. The Balaban J connectivity index is 1.71. The van der Waals surface area contributed by atoms with Crippen molar-refractivity contribution in [3.05, 3.63) is 59.2 Å². The average molecular weight is 398 g/mol. The van der Waals surface area contributed by atoms with Crippen LogP contribution in [0.1, 0.15) is 35.4 Å². The molecule has 1 aliphatic rings. The van der Waals surface area contributed by atoms with E-state index in [4.69, 9.17) is 5.11 Å². The number of nitrogens with one attached hydrogen (secondary N) is 1. The third-order valence-corrected chi connectivity index (χ3v) is 5.60. The van der Waals surface area contributed by atoms with Crippen LogP contribution < -0.4 is 5.32 Å². The fraction of sp³-hybridized carbons (Fsp3) is 0.500. The van der Waals surface area contributed by atoms with E-state index in [1.807, 2.05) is 29.4 Å². The number of aryl methyl sites for hydroxylation is 2. The van der Waals surface area contributed by atoms with Gasteiger partial charge >= 0.3 is 6.03 Å². The number of aliphatic hydroxyl groups excluding tert-OH is 1. The van der Waals surface area contributed by atoms with Crippen LogP contribution in [0.15, 0.2) is 36.7 Å². The summed E-state index contributed by atoms with van der Waals surface area (Å²) >= 11 is 0. The Labute approximate surface area is 172 Å². The molecule has 156 valence electrons. The van der Waals surface area contributed by atoms with Gasteiger partial charge in [-0.3, -0.25) is 14.9 Å². The molecule has 0 aromatic carbocycles. The quantitative estimate of drug-likeness (QED) is 0.749. The van der Waals surface area contributed by atoms with Gasteiger partial charge < -0.3 is 15.3 Å². The number of piperidine rings is 1. The predicted octanol–water partition coefficient (Wildman–Crippen LogP) is 2.26. The van der Waals surface area contributed by atoms with E-state index in [9.17, 15) is 4.79 Å². The second kappa shape index (κ2) is 10.3. The average Bonchev–Trinajstić information content (AvgIpc) is 2.74. The second-order valence-corrected chi connectivity index (χ2v) is 7.61. The van der Waals surface area contributed by atoms with Crippen LogP contribution >= 0.6 is 0 Å². The maximum Gasteiger partial charge on any atom is 0.317 e. The number of rotatable bonds is 7. The molecule has 3 heterocycles. The zero-order valence-corrected chi connectivity index (χ0v) is 17.3. The van der Waals surface area contributed by atoms with Crippen molar-refractivity contribution in [1.29, 1.82) is 0 Å². The van der Waals surface area contributed by atoms with Crippen LogP contribution in [0.3, 0.4) is 0 Å². The van der Waals surface area contributed by atoms with Crippen molar-refractivity contribution in [2.45, 2.75) is 45.8 Å². The summed E-state index contributed by atoms with van der Waals surface area (Å²) < 4.78 is 0. The number of hydrogen-bond acceptors (Lipinski definition) is 5. The molecular formula is C22H31N5O2. The number of pyridine rings is 2. The maximum atomic E-state index is 12.2. The highest BCUT2D eigenvalue weighted by Gasteiger charge is 2.28. The van der Waals surface area contributed by atoms with Gasteiger partial charge in [-0.15, -0.1) is 0 Å². The normalized spacial score (nSPS) is 15.0. The van der Waals surface area contributed by atoms with Crippen molar-refractivity contribution in [1.82, 2.24) is 25.1 Å². The summed E-state index contributed by atoms with van der Waals surface area (Å²) in [5.74, 6) is 0.